The molecule has 2 N–H and O–H groups in total. The summed E-state index contributed by atoms with van der Waals surface area (Å²) in [5.41, 5.74) is 1.07. The van der Waals surface area contributed by atoms with Crippen molar-refractivity contribution in [3.63, 3.8) is 0 Å². The van der Waals surface area contributed by atoms with E-state index in [-0.39, 0.29) is 11.8 Å². The number of imide groups is 1. The number of benzene rings is 1. The minimum Gasteiger partial charge on any atom is -0.497 e. The van der Waals surface area contributed by atoms with Gasteiger partial charge in [0, 0.05) is 32.5 Å². The molecule has 2 rings (SSSR count). The highest BCUT2D eigenvalue weighted by molar-refractivity contribution is 5.97. The predicted octanol–water partition coefficient (Wildman–Crippen LogP) is 1.29. The van der Waals surface area contributed by atoms with Gasteiger partial charge in [0.15, 0.2) is 5.96 Å². The van der Waals surface area contributed by atoms with E-state index in [0.29, 0.717) is 44.9 Å². The normalized spacial score (nSPS) is 15.3. The van der Waals surface area contributed by atoms with Crippen LogP contribution in [0.4, 0.5) is 0 Å². The Kier molecular flexibility index (Phi) is 7.25. The molecule has 1 heterocycles. The lowest BCUT2D eigenvalue weighted by atomic mass is 10.1. The molecule has 1 fully saturated rings. The van der Waals surface area contributed by atoms with Crippen molar-refractivity contribution in [2.75, 3.05) is 26.7 Å². The summed E-state index contributed by atoms with van der Waals surface area (Å²) in [6.45, 7) is 4.09. The lowest BCUT2D eigenvalue weighted by Gasteiger charge is -2.25. The van der Waals surface area contributed by atoms with Crippen LogP contribution in [0.2, 0.25) is 0 Å². The molecule has 136 valence electrons. The summed E-state index contributed by atoms with van der Waals surface area (Å²) in [5, 5.41) is 6.33. The van der Waals surface area contributed by atoms with Crippen LogP contribution in [0.1, 0.15) is 31.7 Å². The van der Waals surface area contributed by atoms with Crippen LogP contribution in [0.5, 0.6) is 5.75 Å². The van der Waals surface area contributed by atoms with Crippen molar-refractivity contribution in [1.29, 1.82) is 0 Å². The van der Waals surface area contributed by atoms with Crippen LogP contribution in [0, 0.1) is 0 Å². The van der Waals surface area contributed by atoms with E-state index in [9.17, 15) is 9.59 Å². The first kappa shape index (κ1) is 18.8. The number of piperidine rings is 1. The summed E-state index contributed by atoms with van der Waals surface area (Å²) in [4.78, 5) is 29.4. The first-order valence-electron chi connectivity index (χ1n) is 8.62. The van der Waals surface area contributed by atoms with Crippen LogP contribution in [0.25, 0.3) is 0 Å². The maximum absolute atomic E-state index is 11.8. The molecule has 7 heteroatoms. The fourth-order valence-corrected chi connectivity index (χ4v) is 2.58. The van der Waals surface area contributed by atoms with Crippen LogP contribution in [-0.4, -0.2) is 49.4 Å². The van der Waals surface area contributed by atoms with Gasteiger partial charge >= 0.3 is 0 Å². The lowest BCUT2D eigenvalue weighted by molar-refractivity contribution is -0.147. The molecule has 1 aromatic rings. The van der Waals surface area contributed by atoms with E-state index in [1.165, 1.54) is 4.90 Å². The molecule has 7 nitrogen and oxygen atoms in total. The van der Waals surface area contributed by atoms with Gasteiger partial charge in [-0.3, -0.25) is 14.5 Å². The van der Waals surface area contributed by atoms with Crippen molar-refractivity contribution in [2.24, 2.45) is 4.99 Å². The van der Waals surface area contributed by atoms with Gasteiger partial charge < -0.3 is 15.4 Å². The standard InChI is InChI=1S/C18H26N4O3/c1-3-19-18(21-13-14-7-9-15(25-2)10-8-14)20-11-12-22-16(23)5-4-6-17(22)24/h7-10H,3-6,11-13H2,1-2H3,(H2,19,20,21). The average Bonchev–Trinajstić information content (AvgIpc) is 2.62. The maximum Gasteiger partial charge on any atom is 0.229 e. The Morgan fingerprint density at radius 2 is 1.84 bits per heavy atom. The lowest BCUT2D eigenvalue weighted by Crippen LogP contribution is -2.46. The third kappa shape index (κ3) is 5.77. The highest BCUT2D eigenvalue weighted by atomic mass is 16.5. The van der Waals surface area contributed by atoms with Gasteiger partial charge in [0.1, 0.15) is 5.75 Å². The Morgan fingerprint density at radius 3 is 2.44 bits per heavy atom. The molecule has 25 heavy (non-hydrogen) atoms. The zero-order valence-corrected chi connectivity index (χ0v) is 14.9. The van der Waals surface area contributed by atoms with Gasteiger partial charge in [-0.05, 0) is 31.0 Å². The molecule has 1 aliphatic rings. The molecule has 1 aliphatic heterocycles. The second-order valence-electron chi connectivity index (χ2n) is 5.76. The summed E-state index contributed by atoms with van der Waals surface area (Å²) in [6, 6.07) is 7.74. The van der Waals surface area contributed by atoms with E-state index in [2.05, 4.69) is 15.6 Å². The fraction of sp³-hybridized carbons (Fsp3) is 0.500. The second kappa shape index (κ2) is 9.66. The van der Waals surface area contributed by atoms with E-state index in [1.807, 2.05) is 31.2 Å². The van der Waals surface area contributed by atoms with Gasteiger partial charge in [-0.25, -0.2) is 4.99 Å². The molecule has 0 unspecified atom stereocenters. The van der Waals surface area contributed by atoms with Crippen molar-refractivity contribution in [3.05, 3.63) is 29.8 Å². The molecule has 0 aliphatic carbocycles. The fourth-order valence-electron chi connectivity index (χ4n) is 2.58. The molecular weight excluding hydrogens is 320 g/mol. The third-order valence-electron chi connectivity index (χ3n) is 3.93. The summed E-state index contributed by atoms with van der Waals surface area (Å²) in [6.07, 6.45) is 1.57. The van der Waals surface area contributed by atoms with E-state index in [0.717, 1.165) is 17.9 Å². The maximum atomic E-state index is 11.8. The van der Waals surface area contributed by atoms with E-state index in [4.69, 9.17) is 4.74 Å². The number of guanidine groups is 1. The third-order valence-corrected chi connectivity index (χ3v) is 3.93. The molecule has 0 spiro atoms. The van der Waals surface area contributed by atoms with Crippen molar-refractivity contribution >= 4 is 17.8 Å². The smallest absolute Gasteiger partial charge is 0.229 e. The Labute approximate surface area is 148 Å². The number of carbonyl (C=O) groups is 2. The second-order valence-corrected chi connectivity index (χ2v) is 5.76. The van der Waals surface area contributed by atoms with Gasteiger partial charge in [0.05, 0.1) is 13.7 Å². The van der Waals surface area contributed by atoms with Crippen LogP contribution in [0.3, 0.4) is 0 Å². The quantitative estimate of drug-likeness (QED) is 0.442. The van der Waals surface area contributed by atoms with E-state index >= 15 is 0 Å². The first-order chi connectivity index (χ1) is 12.1. The van der Waals surface area contributed by atoms with E-state index < -0.39 is 0 Å². The Morgan fingerprint density at radius 1 is 1.16 bits per heavy atom. The SMILES string of the molecule is CCNC(=NCc1ccc(OC)cc1)NCCN1C(=O)CCCC1=O. The number of hydrogen-bond donors (Lipinski definition) is 2. The molecule has 0 aromatic heterocycles. The van der Waals surface area contributed by atoms with Gasteiger partial charge in [-0.15, -0.1) is 0 Å². The van der Waals surface area contributed by atoms with Crippen molar-refractivity contribution < 1.29 is 14.3 Å². The highest BCUT2D eigenvalue weighted by Crippen LogP contribution is 2.12. The van der Waals surface area contributed by atoms with Gasteiger partial charge in [-0.1, -0.05) is 12.1 Å². The number of aliphatic imine (C=N–C) groups is 1. The number of rotatable bonds is 7. The summed E-state index contributed by atoms with van der Waals surface area (Å²) < 4.78 is 5.14. The zero-order valence-electron chi connectivity index (χ0n) is 14.9. The zero-order chi connectivity index (χ0) is 18.1. The average molecular weight is 346 g/mol. The van der Waals surface area contributed by atoms with Crippen LogP contribution < -0.4 is 15.4 Å². The number of nitrogens with zero attached hydrogens (tertiary/aromatic N) is 2. The summed E-state index contributed by atoms with van der Waals surface area (Å²) in [7, 11) is 1.64. The molecule has 0 atom stereocenters. The number of methoxy groups -OCH3 is 1. The van der Waals surface area contributed by atoms with Crippen LogP contribution >= 0.6 is 0 Å². The number of ether oxygens (including phenoxy) is 1. The number of hydrogen-bond acceptors (Lipinski definition) is 4. The minimum atomic E-state index is -0.0850. The monoisotopic (exact) mass is 346 g/mol. The molecule has 0 bridgehead atoms. The molecular formula is C18H26N4O3. The number of carbonyl (C=O) groups excluding carboxylic acids is 2. The van der Waals surface area contributed by atoms with Gasteiger partial charge in [-0.2, -0.15) is 0 Å². The molecule has 0 radical (unpaired) electrons. The molecule has 1 aromatic carbocycles. The number of likely N-dealkylation sites (tertiary alicyclic amines) is 1. The number of amides is 2. The van der Waals surface area contributed by atoms with Crippen molar-refractivity contribution in [1.82, 2.24) is 15.5 Å². The first-order valence-corrected chi connectivity index (χ1v) is 8.62. The number of nitrogens with one attached hydrogen (secondary N) is 2. The van der Waals surface area contributed by atoms with Gasteiger partial charge in [0.2, 0.25) is 11.8 Å². The summed E-state index contributed by atoms with van der Waals surface area (Å²) in [5.74, 6) is 1.31. The molecule has 0 saturated carbocycles. The molecule has 2 amide bonds. The summed E-state index contributed by atoms with van der Waals surface area (Å²) >= 11 is 0. The topological polar surface area (TPSA) is 83.0 Å². The van der Waals surface area contributed by atoms with Crippen molar-refractivity contribution in [3.8, 4) is 5.75 Å². The Balaban J connectivity index is 1.86. The Bertz CT molecular complexity index is 597. The van der Waals surface area contributed by atoms with E-state index in [1.54, 1.807) is 7.11 Å². The minimum absolute atomic E-state index is 0.0850. The van der Waals surface area contributed by atoms with Gasteiger partial charge in [0.25, 0.3) is 0 Å². The van der Waals surface area contributed by atoms with Crippen LogP contribution in [0.15, 0.2) is 29.3 Å². The highest BCUT2D eigenvalue weighted by Gasteiger charge is 2.25. The molecule has 1 saturated heterocycles. The van der Waals surface area contributed by atoms with Crippen molar-refractivity contribution in [2.45, 2.75) is 32.7 Å². The van der Waals surface area contributed by atoms with Crippen LogP contribution in [-0.2, 0) is 16.1 Å². The Hall–Kier alpha value is -2.57. The largest absolute Gasteiger partial charge is 0.497 e. The predicted molar refractivity (Wildman–Crippen MR) is 96.4 cm³/mol.